The van der Waals surface area contributed by atoms with Crippen molar-refractivity contribution in [1.82, 2.24) is 0 Å². The van der Waals surface area contributed by atoms with Gasteiger partial charge in [0.2, 0.25) is 0 Å². The van der Waals surface area contributed by atoms with Crippen molar-refractivity contribution in [3.8, 4) is 11.5 Å². The molecule has 0 amide bonds. The molecule has 1 aromatic carbocycles. The van der Waals surface area contributed by atoms with Crippen LogP contribution in [0.4, 0.5) is 5.69 Å². The molecule has 1 unspecified atom stereocenters. The molecule has 1 aliphatic heterocycles. The molecule has 1 aromatic rings. The van der Waals surface area contributed by atoms with Crippen LogP contribution in [0, 0.1) is 0 Å². The number of esters is 1. The van der Waals surface area contributed by atoms with Crippen LogP contribution in [0.3, 0.4) is 0 Å². The second kappa shape index (κ2) is 10.8. The Hall–Kier alpha value is -1.99. The maximum absolute atomic E-state index is 11.4. The Labute approximate surface area is 148 Å². The molecule has 0 spiro atoms. The Morgan fingerprint density at radius 3 is 2.92 bits per heavy atom. The van der Waals surface area contributed by atoms with Crippen LogP contribution in [-0.2, 0) is 19.0 Å². The zero-order chi connectivity index (χ0) is 17.9. The molecule has 7 nitrogen and oxygen atoms in total. The van der Waals surface area contributed by atoms with E-state index in [1.807, 2.05) is 0 Å². The summed E-state index contributed by atoms with van der Waals surface area (Å²) in [6.07, 6.45) is 4.15. The van der Waals surface area contributed by atoms with Gasteiger partial charge < -0.3 is 29.4 Å². The first-order chi connectivity index (χ1) is 12.2. The van der Waals surface area contributed by atoms with Crippen LogP contribution in [0.2, 0.25) is 0 Å². The Morgan fingerprint density at radius 2 is 2.08 bits per heavy atom. The van der Waals surface area contributed by atoms with Gasteiger partial charge in [-0.25, -0.2) is 4.79 Å². The maximum Gasteiger partial charge on any atom is 0.344 e. The standard InChI is InChI=1S/C18H27NO6/c1-2-21-17(20)13-25-16-12-14(19)7-8-15(16)22-10-11-24-18-6-4-3-5-9-23-18/h7-8,12,18H,2-6,9-11,13,19H2,1H3. The summed E-state index contributed by atoms with van der Waals surface area (Å²) in [5.41, 5.74) is 6.29. The second-order valence-electron chi connectivity index (χ2n) is 5.67. The number of rotatable bonds is 9. The molecule has 0 bridgehead atoms. The Balaban J connectivity index is 1.78. The van der Waals surface area contributed by atoms with Crippen LogP contribution in [-0.4, -0.2) is 45.3 Å². The van der Waals surface area contributed by atoms with E-state index >= 15 is 0 Å². The highest BCUT2D eigenvalue weighted by Crippen LogP contribution is 2.29. The molecule has 1 fully saturated rings. The van der Waals surface area contributed by atoms with E-state index in [-0.39, 0.29) is 12.9 Å². The second-order valence-corrected chi connectivity index (χ2v) is 5.67. The lowest BCUT2D eigenvalue weighted by atomic mass is 10.2. The molecule has 2 rings (SSSR count). The zero-order valence-corrected chi connectivity index (χ0v) is 14.7. The number of carbonyl (C=O) groups excluding carboxylic acids is 1. The lowest BCUT2D eigenvalue weighted by molar-refractivity contribution is -0.146. The van der Waals surface area contributed by atoms with E-state index in [0.717, 1.165) is 25.9 Å². The van der Waals surface area contributed by atoms with Crippen molar-refractivity contribution < 1.29 is 28.5 Å². The highest BCUT2D eigenvalue weighted by Gasteiger charge is 2.13. The highest BCUT2D eigenvalue weighted by atomic mass is 16.7. The molecule has 25 heavy (non-hydrogen) atoms. The van der Waals surface area contributed by atoms with Gasteiger partial charge in [0.15, 0.2) is 24.4 Å². The van der Waals surface area contributed by atoms with E-state index in [9.17, 15) is 4.79 Å². The monoisotopic (exact) mass is 353 g/mol. The first kappa shape index (κ1) is 19.3. The van der Waals surface area contributed by atoms with Crippen LogP contribution >= 0.6 is 0 Å². The number of hydrogen-bond acceptors (Lipinski definition) is 7. The summed E-state index contributed by atoms with van der Waals surface area (Å²) in [7, 11) is 0. The number of carbonyl (C=O) groups is 1. The van der Waals surface area contributed by atoms with E-state index in [4.69, 9.17) is 29.4 Å². The maximum atomic E-state index is 11.4. The summed E-state index contributed by atoms with van der Waals surface area (Å²) in [6.45, 7) is 3.36. The quantitative estimate of drug-likeness (QED) is 0.414. The topological polar surface area (TPSA) is 89.2 Å². The number of anilines is 1. The normalized spacial score (nSPS) is 17.6. The third-order valence-electron chi connectivity index (χ3n) is 3.65. The largest absolute Gasteiger partial charge is 0.487 e. The third-order valence-corrected chi connectivity index (χ3v) is 3.65. The van der Waals surface area contributed by atoms with Crippen molar-refractivity contribution in [3.63, 3.8) is 0 Å². The number of benzene rings is 1. The number of ether oxygens (including phenoxy) is 5. The SMILES string of the molecule is CCOC(=O)COc1cc(N)ccc1OCCOC1CCCCCO1. The Kier molecular flexibility index (Phi) is 8.34. The number of nitrogen functional groups attached to an aromatic ring is 1. The molecule has 2 N–H and O–H groups in total. The van der Waals surface area contributed by atoms with Crippen LogP contribution < -0.4 is 15.2 Å². The first-order valence-electron chi connectivity index (χ1n) is 8.73. The van der Waals surface area contributed by atoms with Gasteiger partial charge in [-0.3, -0.25) is 0 Å². The molecule has 1 heterocycles. The van der Waals surface area contributed by atoms with E-state index in [2.05, 4.69) is 0 Å². The van der Waals surface area contributed by atoms with Gasteiger partial charge in [0, 0.05) is 18.4 Å². The minimum absolute atomic E-state index is 0.156. The third kappa shape index (κ3) is 7.19. The molecular formula is C18H27NO6. The molecule has 1 atom stereocenters. The lowest BCUT2D eigenvalue weighted by Gasteiger charge is -2.17. The predicted molar refractivity (Wildman–Crippen MR) is 92.6 cm³/mol. The first-order valence-corrected chi connectivity index (χ1v) is 8.73. The van der Waals surface area contributed by atoms with Gasteiger partial charge >= 0.3 is 5.97 Å². The summed E-state index contributed by atoms with van der Waals surface area (Å²) < 4.78 is 27.3. The van der Waals surface area contributed by atoms with Gasteiger partial charge in [-0.05, 0) is 38.3 Å². The highest BCUT2D eigenvalue weighted by molar-refractivity contribution is 5.71. The minimum atomic E-state index is -0.440. The van der Waals surface area contributed by atoms with Crippen molar-refractivity contribution in [2.24, 2.45) is 0 Å². The van der Waals surface area contributed by atoms with E-state index in [0.29, 0.717) is 37.0 Å². The minimum Gasteiger partial charge on any atom is -0.487 e. The van der Waals surface area contributed by atoms with Gasteiger partial charge in [0.25, 0.3) is 0 Å². The Bertz CT molecular complexity index is 528. The van der Waals surface area contributed by atoms with Crippen LogP contribution in [0.5, 0.6) is 11.5 Å². The van der Waals surface area contributed by atoms with E-state index in [1.165, 1.54) is 6.42 Å². The fraction of sp³-hybridized carbons (Fsp3) is 0.611. The van der Waals surface area contributed by atoms with Gasteiger partial charge in [0.05, 0.1) is 13.2 Å². The summed E-state index contributed by atoms with van der Waals surface area (Å²) in [6, 6.07) is 5.03. The molecule has 1 saturated heterocycles. The van der Waals surface area contributed by atoms with Crippen molar-refractivity contribution in [2.75, 3.05) is 38.8 Å². The summed E-state index contributed by atoms with van der Waals surface area (Å²) in [4.78, 5) is 11.4. The number of hydrogen-bond donors (Lipinski definition) is 1. The molecule has 0 radical (unpaired) electrons. The molecule has 1 aliphatic rings. The zero-order valence-electron chi connectivity index (χ0n) is 14.7. The molecule has 140 valence electrons. The van der Waals surface area contributed by atoms with Crippen LogP contribution in [0.1, 0.15) is 32.6 Å². The van der Waals surface area contributed by atoms with E-state index in [1.54, 1.807) is 25.1 Å². The average Bonchev–Trinajstić information content (AvgIpc) is 2.87. The van der Waals surface area contributed by atoms with Gasteiger partial charge in [-0.1, -0.05) is 6.42 Å². The lowest BCUT2D eigenvalue weighted by Crippen LogP contribution is -2.20. The molecule has 0 aliphatic carbocycles. The van der Waals surface area contributed by atoms with Gasteiger partial charge in [0.1, 0.15) is 6.61 Å². The molecule has 7 heteroatoms. The molecular weight excluding hydrogens is 326 g/mol. The fourth-order valence-corrected chi connectivity index (χ4v) is 2.45. The van der Waals surface area contributed by atoms with Crippen molar-refractivity contribution in [3.05, 3.63) is 18.2 Å². The average molecular weight is 353 g/mol. The van der Waals surface area contributed by atoms with Crippen molar-refractivity contribution in [1.29, 1.82) is 0 Å². The van der Waals surface area contributed by atoms with Crippen LogP contribution in [0.25, 0.3) is 0 Å². The molecule has 0 aromatic heterocycles. The van der Waals surface area contributed by atoms with Gasteiger partial charge in [-0.15, -0.1) is 0 Å². The summed E-state index contributed by atoms with van der Waals surface area (Å²) >= 11 is 0. The predicted octanol–water partition coefficient (Wildman–Crippen LogP) is 2.52. The van der Waals surface area contributed by atoms with E-state index < -0.39 is 5.97 Å². The van der Waals surface area contributed by atoms with Crippen LogP contribution in [0.15, 0.2) is 18.2 Å². The molecule has 0 saturated carbocycles. The van der Waals surface area contributed by atoms with Gasteiger partial charge in [-0.2, -0.15) is 0 Å². The van der Waals surface area contributed by atoms with Crippen molar-refractivity contribution >= 4 is 11.7 Å². The van der Waals surface area contributed by atoms with Crippen molar-refractivity contribution in [2.45, 2.75) is 38.9 Å². The smallest absolute Gasteiger partial charge is 0.344 e. The summed E-state index contributed by atoms with van der Waals surface area (Å²) in [5.74, 6) is 0.465. The number of nitrogens with two attached hydrogens (primary N) is 1. The Morgan fingerprint density at radius 1 is 1.20 bits per heavy atom. The fourth-order valence-electron chi connectivity index (χ4n) is 2.45. The summed E-state index contributed by atoms with van der Waals surface area (Å²) in [5, 5.41) is 0.